The van der Waals surface area contributed by atoms with E-state index in [0.717, 1.165) is 0 Å². The van der Waals surface area contributed by atoms with Crippen molar-refractivity contribution in [2.24, 2.45) is 10.2 Å². The first kappa shape index (κ1) is 19.4. The maximum absolute atomic E-state index is 13.5. The summed E-state index contributed by atoms with van der Waals surface area (Å²) in [6, 6.07) is 8.24. The lowest BCUT2D eigenvalue weighted by molar-refractivity contribution is -0.0600. The number of aromatic amines is 1. The molecule has 3 N–H and O–H groups in total. The Morgan fingerprint density at radius 2 is 1.83 bits per heavy atom. The van der Waals surface area contributed by atoms with Crippen LogP contribution in [0, 0.1) is 5.82 Å². The lowest BCUT2D eigenvalue weighted by atomic mass is 10.0. The summed E-state index contributed by atoms with van der Waals surface area (Å²) in [5, 5.41) is 10.6. The number of aromatic nitrogens is 1. The van der Waals surface area contributed by atoms with Gasteiger partial charge in [0, 0.05) is 29.1 Å². The molecule has 2 aromatic carbocycles. The molecule has 1 aliphatic rings. The predicted molar refractivity (Wildman–Crippen MR) is 99.4 cm³/mol. The number of sulfonamides is 1. The van der Waals surface area contributed by atoms with Crippen LogP contribution in [0.1, 0.15) is 18.0 Å². The van der Waals surface area contributed by atoms with E-state index in [1.807, 2.05) is 0 Å². The van der Waals surface area contributed by atoms with Crippen LogP contribution in [0.4, 0.5) is 23.2 Å². The standard InChI is InChI=1S/C18H14F4N4O2S/c19-10-1-6-13-14(9-24-15(13)7-10)16-8-17(18(20,21)22)25-26(16)11-2-4-12(5-3-11)29(23,27)28/h1-7,9,16,24H,8H2,(H2,23,27,28). The largest absolute Gasteiger partial charge is 0.431 e. The van der Waals surface area contributed by atoms with Gasteiger partial charge in [-0.25, -0.2) is 17.9 Å². The second-order valence-electron chi connectivity index (χ2n) is 6.58. The van der Waals surface area contributed by atoms with E-state index in [4.69, 9.17) is 5.14 Å². The number of halogens is 4. The highest BCUT2D eigenvalue weighted by Gasteiger charge is 2.44. The third kappa shape index (κ3) is 3.58. The number of hydrazone groups is 1. The van der Waals surface area contributed by atoms with Gasteiger partial charge < -0.3 is 4.98 Å². The molecule has 0 fully saturated rings. The number of nitrogens with zero attached hydrogens (tertiary/aromatic N) is 2. The Hall–Kier alpha value is -2.92. The van der Waals surface area contributed by atoms with Crippen LogP contribution in [0.5, 0.6) is 0 Å². The van der Waals surface area contributed by atoms with Crippen molar-refractivity contribution in [2.45, 2.75) is 23.5 Å². The van der Waals surface area contributed by atoms with Gasteiger partial charge in [-0.1, -0.05) is 0 Å². The molecule has 1 unspecified atom stereocenters. The molecule has 2 heterocycles. The molecular weight excluding hydrogens is 412 g/mol. The Kier molecular flexibility index (Phi) is 4.39. The minimum Gasteiger partial charge on any atom is -0.361 e. The predicted octanol–water partition coefficient (Wildman–Crippen LogP) is 3.82. The Morgan fingerprint density at radius 1 is 1.14 bits per heavy atom. The SMILES string of the molecule is NS(=O)(=O)c1ccc(N2N=C(C(F)(F)F)CC2c2c[nH]c3cc(F)ccc23)cc1. The molecule has 3 aromatic rings. The number of H-pyrrole nitrogens is 1. The fourth-order valence-corrected chi connectivity index (χ4v) is 3.86. The lowest BCUT2D eigenvalue weighted by Gasteiger charge is -2.23. The first-order chi connectivity index (χ1) is 13.5. The summed E-state index contributed by atoms with van der Waals surface area (Å²) in [6.07, 6.45) is -3.51. The third-order valence-corrected chi connectivity index (χ3v) is 5.63. The van der Waals surface area contributed by atoms with E-state index < -0.39 is 40.2 Å². The Bertz CT molecular complexity index is 1220. The van der Waals surface area contributed by atoms with Crippen molar-refractivity contribution < 1.29 is 26.0 Å². The van der Waals surface area contributed by atoms with Crippen molar-refractivity contribution in [2.75, 3.05) is 5.01 Å². The zero-order valence-electron chi connectivity index (χ0n) is 14.6. The number of hydrogen-bond acceptors (Lipinski definition) is 4. The number of fused-ring (bicyclic) bond motifs is 1. The molecule has 29 heavy (non-hydrogen) atoms. The maximum Gasteiger partial charge on any atom is 0.431 e. The van der Waals surface area contributed by atoms with E-state index >= 15 is 0 Å². The van der Waals surface area contributed by atoms with Crippen LogP contribution in [-0.4, -0.2) is 25.3 Å². The number of nitrogens with one attached hydrogen (secondary N) is 1. The maximum atomic E-state index is 13.5. The topological polar surface area (TPSA) is 91.6 Å². The van der Waals surface area contributed by atoms with Crippen LogP contribution < -0.4 is 10.1 Å². The van der Waals surface area contributed by atoms with Crippen molar-refractivity contribution >= 4 is 32.3 Å². The highest BCUT2D eigenvalue weighted by atomic mass is 32.2. The quantitative estimate of drug-likeness (QED) is 0.624. The molecule has 4 rings (SSSR count). The van der Waals surface area contributed by atoms with Crippen LogP contribution in [0.2, 0.25) is 0 Å². The van der Waals surface area contributed by atoms with Crippen molar-refractivity contribution in [3.8, 4) is 0 Å². The molecule has 1 atom stereocenters. The summed E-state index contributed by atoms with van der Waals surface area (Å²) in [6.45, 7) is 0. The van der Waals surface area contributed by atoms with Gasteiger partial charge in [-0.15, -0.1) is 0 Å². The summed E-state index contributed by atoms with van der Waals surface area (Å²) in [7, 11) is -3.94. The highest BCUT2D eigenvalue weighted by molar-refractivity contribution is 7.89. The van der Waals surface area contributed by atoms with Crippen LogP contribution >= 0.6 is 0 Å². The van der Waals surface area contributed by atoms with Gasteiger partial charge in [-0.05, 0) is 42.5 Å². The Labute approximate surface area is 162 Å². The van der Waals surface area contributed by atoms with Gasteiger partial charge >= 0.3 is 6.18 Å². The fourth-order valence-electron chi connectivity index (χ4n) is 3.35. The van der Waals surface area contributed by atoms with Gasteiger partial charge in [-0.2, -0.15) is 18.3 Å². The molecule has 0 saturated carbocycles. The van der Waals surface area contributed by atoms with E-state index in [0.29, 0.717) is 16.5 Å². The number of primary sulfonamides is 1. The average molecular weight is 426 g/mol. The number of rotatable bonds is 3. The number of anilines is 1. The smallest absolute Gasteiger partial charge is 0.361 e. The van der Waals surface area contributed by atoms with Crippen LogP contribution in [0.25, 0.3) is 10.9 Å². The second-order valence-corrected chi connectivity index (χ2v) is 8.14. The van der Waals surface area contributed by atoms with Gasteiger partial charge in [0.2, 0.25) is 10.0 Å². The van der Waals surface area contributed by atoms with Gasteiger partial charge in [-0.3, -0.25) is 5.01 Å². The van der Waals surface area contributed by atoms with Gasteiger partial charge in [0.25, 0.3) is 0 Å². The van der Waals surface area contributed by atoms with Crippen molar-refractivity contribution in [3.05, 3.63) is 60.0 Å². The van der Waals surface area contributed by atoms with Crippen LogP contribution in [0.15, 0.2) is 58.7 Å². The highest BCUT2D eigenvalue weighted by Crippen LogP contribution is 2.41. The molecule has 1 aromatic heterocycles. The molecule has 0 spiro atoms. The van der Waals surface area contributed by atoms with E-state index in [1.54, 1.807) is 0 Å². The fraction of sp³-hybridized carbons (Fsp3) is 0.167. The van der Waals surface area contributed by atoms with Gasteiger partial charge in [0.1, 0.15) is 11.5 Å². The van der Waals surface area contributed by atoms with E-state index in [-0.39, 0.29) is 10.6 Å². The average Bonchev–Trinajstić information content (AvgIpc) is 3.24. The number of hydrogen-bond donors (Lipinski definition) is 2. The Balaban J connectivity index is 1.80. The molecule has 6 nitrogen and oxygen atoms in total. The van der Waals surface area contributed by atoms with E-state index in [1.165, 1.54) is 53.7 Å². The van der Waals surface area contributed by atoms with E-state index in [9.17, 15) is 26.0 Å². The zero-order valence-corrected chi connectivity index (χ0v) is 15.4. The van der Waals surface area contributed by atoms with Crippen molar-refractivity contribution in [1.82, 2.24) is 4.98 Å². The molecule has 152 valence electrons. The molecule has 0 saturated heterocycles. The number of alkyl halides is 3. The molecule has 0 radical (unpaired) electrons. The summed E-state index contributed by atoms with van der Waals surface area (Å²) in [5.41, 5.74) is 0.260. The molecule has 0 aliphatic carbocycles. The summed E-state index contributed by atoms with van der Waals surface area (Å²) in [4.78, 5) is 2.70. The molecule has 11 heteroatoms. The molecular formula is C18H14F4N4O2S. The van der Waals surface area contributed by atoms with Crippen LogP contribution in [0.3, 0.4) is 0 Å². The van der Waals surface area contributed by atoms with Gasteiger partial charge in [0.15, 0.2) is 0 Å². The minimum atomic E-state index is -4.62. The summed E-state index contributed by atoms with van der Waals surface area (Å²) in [5.74, 6) is -0.472. The Morgan fingerprint density at radius 3 is 2.45 bits per heavy atom. The third-order valence-electron chi connectivity index (χ3n) is 4.70. The first-order valence-corrected chi connectivity index (χ1v) is 9.92. The summed E-state index contributed by atoms with van der Waals surface area (Å²) < 4.78 is 76.3. The summed E-state index contributed by atoms with van der Waals surface area (Å²) >= 11 is 0. The number of benzene rings is 2. The minimum absolute atomic E-state index is 0.167. The number of nitrogens with two attached hydrogens (primary N) is 1. The van der Waals surface area contributed by atoms with Gasteiger partial charge in [0.05, 0.1) is 16.6 Å². The second kappa shape index (κ2) is 6.56. The van der Waals surface area contributed by atoms with Crippen molar-refractivity contribution in [3.63, 3.8) is 0 Å². The van der Waals surface area contributed by atoms with Crippen molar-refractivity contribution in [1.29, 1.82) is 0 Å². The molecule has 1 aliphatic heterocycles. The molecule has 0 amide bonds. The zero-order chi connectivity index (χ0) is 21.0. The lowest BCUT2D eigenvalue weighted by Crippen LogP contribution is -2.21. The van der Waals surface area contributed by atoms with Crippen LogP contribution in [-0.2, 0) is 10.0 Å². The first-order valence-electron chi connectivity index (χ1n) is 8.37. The monoisotopic (exact) mass is 426 g/mol. The van der Waals surface area contributed by atoms with E-state index in [2.05, 4.69) is 10.1 Å². The molecule has 0 bridgehead atoms. The normalized spacial score (nSPS) is 17.8.